The normalized spacial score (nSPS) is 13.7. The van der Waals surface area contributed by atoms with E-state index in [1.807, 2.05) is 11.8 Å². The Bertz CT molecular complexity index is 1080. The first-order chi connectivity index (χ1) is 16.6. The van der Waals surface area contributed by atoms with Gasteiger partial charge in [-0.2, -0.15) is 0 Å². The van der Waals surface area contributed by atoms with Gasteiger partial charge in [0.2, 0.25) is 11.7 Å². The van der Waals surface area contributed by atoms with Crippen LogP contribution in [-0.2, 0) is 4.79 Å². The second-order valence-corrected chi connectivity index (χ2v) is 8.83. The van der Waals surface area contributed by atoms with Crippen LogP contribution in [0.4, 0.5) is 39.0 Å². The largest absolute Gasteiger partial charge is 0.367 e. The van der Waals surface area contributed by atoms with Gasteiger partial charge >= 0.3 is 0 Å². The molecule has 2 aromatic rings. The van der Waals surface area contributed by atoms with Crippen LogP contribution in [0.5, 0.6) is 0 Å². The number of halogens is 6. The second-order valence-electron chi connectivity index (χ2n) is 8.02. The van der Waals surface area contributed by atoms with Gasteiger partial charge in [-0.25, -0.2) is 22.0 Å². The molecule has 0 spiro atoms. The highest BCUT2D eigenvalue weighted by Crippen LogP contribution is 2.33. The molecule has 1 aliphatic heterocycles. The molecule has 35 heavy (non-hydrogen) atoms. The van der Waals surface area contributed by atoms with E-state index in [1.54, 1.807) is 18.2 Å². The molecule has 2 N–H and O–H groups in total. The molecular formula is C23H24ClF5N4OS. The van der Waals surface area contributed by atoms with Crippen molar-refractivity contribution in [2.24, 2.45) is 0 Å². The third kappa shape index (κ3) is 6.32. The minimum atomic E-state index is -2.18. The van der Waals surface area contributed by atoms with Crippen molar-refractivity contribution < 1.29 is 26.7 Å². The molecule has 5 nitrogen and oxygen atoms in total. The summed E-state index contributed by atoms with van der Waals surface area (Å²) in [4.78, 5) is 14.8. The van der Waals surface area contributed by atoms with Crippen molar-refractivity contribution in [2.75, 3.05) is 41.3 Å². The number of nitrogens with one attached hydrogen (secondary N) is 2. The molecule has 0 atom stereocenters. The first-order valence-corrected chi connectivity index (χ1v) is 11.8. The maximum absolute atomic E-state index is 14.1. The zero-order chi connectivity index (χ0) is 25.7. The highest BCUT2D eigenvalue weighted by atomic mass is 35.5. The molecule has 2 aromatic carbocycles. The van der Waals surface area contributed by atoms with Crippen LogP contribution in [0.3, 0.4) is 0 Å². The Hall–Kier alpha value is -2.66. The van der Waals surface area contributed by atoms with Crippen LogP contribution >= 0.6 is 23.8 Å². The van der Waals surface area contributed by atoms with Crippen LogP contribution in [0.2, 0.25) is 5.02 Å². The van der Waals surface area contributed by atoms with Crippen molar-refractivity contribution in [2.45, 2.75) is 32.6 Å². The van der Waals surface area contributed by atoms with Gasteiger partial charge in [0, 0.05) is 38.3 Å². The maximum atomic E-state index is 14.1. The Labute approximate surface area is 210 Å². The minimum absolute atomic E-state index is 0.0167. The summed E-state index contributed by atoms with van der Waals surface area (Å²) in [6, 6.07) is 5.03. The lowest BCUT2D eigenvalue weighted by Gasteiger charge is -2.38. The molecule has 0 radical (unpaired) electrons. The lowest BCUT2D eigenvalue weighted by molar-refractivity contribution is -0.119. The number of anilines is 3. The summed E-state index contributed by atoms with van der Waals surface area (Å²) in [5, 5.41) is 6.01. The van der Waals surface area contributed by atoms with Crippen LogP contribution < -0.4 is 20.4 Å². The molecule has 12 heteroatoms. The van der Waals surface area contributed by atoms with Crippen molar-refractivity contribution >= 4 is 51.9 Å². The number of rotatable bonds is 7. The summed E-state index contributed by atoms with van der Waals surface area (Å²) in [7, 11) is 0. The van der Waals surface area contributed by atoms with Crippen LogP contribution in [0.25, 0.3) is 0 Å². The zero-order valence-electron chi connectivity index (χ0n) is 18.9. The van der Waals surface area contributed by atoms with E-state index in [2.05, 4.69) is 10.6 Å². The Morgan fingerprint density at radius 3 is 2.09 bits per heavy atom. The van der Waals surface area contributed by atoms with E-state index < -0.39 is 34.8 Å². The van der Waals surface area contributed by atoms with Gasteiger partial charge in [-0.3, -0.25) is 4.79 Å². The van der Waals surface area contributed by atoms with Crippen LogP contribution in [-0.4, -0.2) is 37.2 Å². The van der Waals surface area contributed by atoms with E-state index >= 15 is 0 Å². The Morgan fingerprint density at radius 2 is 1.51 bits per heavy atom. The van der Waals surface area contributed by atoms with Gasteiger partial charge in [0.15, 0.2) is 28.4 Å². The molecule has 3 rings (SSSR count). The molecule has 0 bridgehead atoms. The van der Waals surface area contributed by atoms with E-state index in [0.29, 0.717) is 22.8 Å². The monoisotopic (exact) mass is 534 g/mol. The lowest BCUT2D eigenvalue weighted by Crippen LogP contribution is -2.47. The Balaban J connectivity index is 1.61. The predicted octanol–water partition coefficient (Wildman–Crippen LogP) is 5.76. The molecule has 190 valence electrons. The van der Waals surface area contributed by atoms with E-state index in [1.165, 1.54) is 0 Å². The third-order valence-electron chi connectivity index (χ3n) is 5.59. The number of carbonyl (C=O) groups is 1. The number of benzene rings is 2. The summed E-state index contributed by atoms with van der Waals surface area (Å²) in [6.07, 6.45) is 3.13. The molecule has 1 saturated heterocycles. The SMILES string of the molecule is CCCCCC(=O)NC(=S)Nc1ccc(N2CCN(c3c(F)c(F)c(F)c(F)c3F)CC2)c(Cl)c1. The van der Waals surface area contributed by atoms with E-state index in [4.69, 9.17) is 23.8 Å². The molecule has 1 aliphatic rings. The van der Waals surface area contributed by atoms with Gasteiger partial charge in [-0.15, -0.1) is 0 Å². The molecule has 0 aliphatic carbocycles. The Morgan fingerprint density at radius 1 is 0.943 bits per heavy atom. The van der Waals surface area contributed by atoms with Crippen LogP contribution in [0, 0.1) is 29.1 Å². The minimum Gasteiger partial charge on any atom is -0.367 e. The van der Waals surface area contributed by atoms with Crippen molar-refractivity contribution in [3.05, 3.63) is 52.3 Å². The summed E-state index contributed by atoms with van der Waals surface area (Å²) in [5.41, 5.74) is 0.249. The number of hydrogen-bond acceptors (Lipinski definition) is 4. The molecule has 1 amide bonds. The van der Waals surface area contributed by atoms with Crippen molar-refractivity contribution in [1.29, 1.82) is 0 Å². The number of amides is 1. The molecule has 1 heterocycles. The number of unbranched alkanes of at least 4 members (excludes halogenated alkanes) is 2. The van der Waals surface area contributed by atoms with Gasteiger partial charge in [-0.1, -0.05) is 31.4 Å². The summed E-state index contributed by atoms with van der Waals surface area (Å²) in [6.45, 7) is 2.55. The number of thiocarbonyl (C=S) groups is 1. The molecule has 0 unspecified atom stereocenters. The average Bonchev–Trinajstić information content (AvgIpc) is 2.82. The quantitative estimate of drug-likeness (QED) is 0.156. The highest BCUT2D eigenvalue weighted by Gasteiger charge is 2.31. The standard InChI is InChI=1S/C23H24ClF5N4OS/c1-2-3-4-5-16(34)31-23(35)30-13-6-7-15(14(24)12-13)32-8-10-33(11-9-32)22-20(28)18(26)17(25)19(27)21(22)29/h6-7,12H,2-5,8-11H2,1H3,(H2,30,31,34,35). The van der Waals surface area contributed by atoms with Crippen LogP contribution in [0.15, 0.2) is 18.2 Å². The van der Waals surface area contributed by atoms with E-state index in [9.17, 15) is 26.7 Å². The van der Waals surface area contributed by atoms with Gasteiger partial charge in [0.25, 0.3) is 0 Å². The van der Waals surface area contributed by atoms with Gasteiger partial charge in [0.05, 0.1) is 10.7 Å². The van der Waals surface area contributed by atoms with Gasteiger partial charge < -0.3 is 20.4 Å². The molecule has 0 saturated carbocycles. The second kappa shape index (κ2) is 11.9. The summed E-state index contributed by atoms with van der Waals surface area (Å²) in [5.74, 6) is -10.00. The molecular weight excluding hydrogens is 511 g/mol. The molecule has 1 fully saturated rings. The number of nitrogens with zero attached hydrogens (tertiary/aromatic N) is 2. The fraction of sp³-hybridized carbons (Fsp3) is 0.391. The summed E-state index contributed by atoms with van der Waals surface area (Å²) < 4.78 is 68.7. The van der Waals surface area contributed by atoms with E-state index in [-0.39, 0.29) is 37.2 Å². The fourth-order valence-electron chi connectivity index (χ4n) is 3.77. The average molecular weight is 535 g/mol. The third-order valence-corrected chi connectivity index (χ3v) is 6.10. The zero-order valence-corrected chi connectivity index (χ0v) is 20.4. The predicted molar refractivity (Wildman–Crippen MR) is 131 cm³/mol. The number of hydrogen-bond donors (Lipinski definition) is 2. The van der Waals surface area contributed by atoms with Crippen molar-refractivity contribution in [3.63, 3.8) is 0 Å². The first kappa shape index (κ1) is 26.9. The van der Waals surface area contributed by atoms with Gasteiger partial charge in [0.1, 0.15) is 5.69 Å². The van der Waals surface area contributed by atoms with Crippen LogP contribution in [0.1, 0.15) is 32.6 Å². The lowest BCUT2D eigenvalue weighted by atomic mass is 10.2. The number of carbonyl (C=O) groups excluding carboxylic acids is 1. The van der Waals surface area contributed by atoms with E-state index in [0.717, 1.165) is 24.2 Å². The van der Waals surface area contributed by atoms with Crippen molar-refractivity contribution in [1.82, 2.24) is 5.32 Å². The fourth-order valence-corrected chi connectivity index (χ4v) is 4.30. The smallest absolute Gasteiger partial charge is 0.226 e. The van der Waals surface area contributed by atoms with Crippen molar-refractivity contribution in [3.8, 4) is 0 Å². The maximum Gasteiger partial charge on any atom is 0.226 e. The summed E-state index contributed by atoms with van der Waals surface area (Å²) >= 11 is 11.6. The number of piperazine rings is 1. The van der Waals surface area contributed by atoms with Gasteiger partial charge in [-0.05, 0) is 36.8 Å². The Kier molecular flexibility index (Phi) is 9.12. The topological polar surface area (TPSA) is 47.6 Å². The highest BCUT2D eigenvalue weighted by molar-refractivity contribution is 7.80. The molecule has 0 aromatic heterocycles. The first-order valence-electron chi connectivity index (χ1n) is 11.1.